The number of likely N-dealkylation sites (N-methyl/N-ethyl adjacent to an activating group) is 1. The zero-order chi connectivity index (χ0) is 13.5. The molecule has 0 spiro atoms. The summed E-state index contributed by atoms with van der Waals surface area (Å²) in [5.74, 6) is 1.85. The van der Waals surface area contributed by atoms with E-state index < -0.39 is 0 Å². The Balaban J connectivity index is 1.97. The molecule has 0 radical (unpaired) electrons. The molecule has 0 saturated carbocycles. The Bertz CT molecular complexity index is 387. The smallest absolute Gasteiger partial charge is 0.134 e. The molecule has 1 unspecified atom stereocenters. The number of ether oxygens (including phenoxy) is 1. The summed E-state index contributed by atoms with van der Waals surface area (Å²) < 4.78 is 5.01. The number of anilines is 2. The van der Waals surface area contributed by atoms with Gasteiger partial charge in [0.25, 0.3) is 0 Å². The minimum absolute atomic E-state index is 0.550. The quantitative estimate of drug-likeness (QED) is 0.739. The van der Waals surface area contributed by atoms with Crippen LogP contribution in [0.15, 0.2) is 12.4 Å². The zero-order valence-corrected chi connectivity index (χ0v) is 11.7. The van der Waals surface area contributed by atoms with E-state index in [4.69, 9.17) is 4.74 Å². The Labute approximate surface area is 114 Å². The number of hydrogen-bond acceptors (Lipinski definition) is 6. The second kappa shape index (κ2) is 7.25. The van der Waals surface area contributed by atoms with E-state index in [0.29, 0.717) is 12.6 Å². The van der Waals surface area contributed by atoms with Crippen LogP contribution in [0.2, 0.25) is 0 Å². The molecule has 1 aliphatic heterocycles. The van der Waals surface area contributed by atoms with Crippen LogP contribution in [-0.4, -0.2) is 56.4 Å². The standard InChI is InChI=1S/C13H23N5O/c1-14-11-4-3-6-18(9-11)13-8-12(16-10-17-13)15-5-7-19-2/h8,10-11,14H,3-7,9H2,1-2H3,(H,15,16,17). The van der Waals surface area contributed by atoms with E-state index in [2.05, 4.69) is 25.5 Å². The number of nitrogens with zero attached hydrogens (tertiary/aromatic N) is 3. The van der Waals surface area contributed by atoms with E-state index in [9.17, 15) is 0 Å². The summed E-state index contributed by atoms with van der Waals surface area (Å²) >= 11 is 0. The van der Waals surface area contributed by atoms with Crippen molar-refractivity contribution in [3.63, 3.8) is 0 Å². The number of hydrogen-bond donors (Lipinski definition) is 2. The Morgan fingerprint density at radius 2 is 2.37 bits per heavy atom. The lowest BCUT2D eigenvalue weighted by atomic mass is 10.1. The Kier molecular flexibility index (Phi) is 5.35. The highest BCUT2D eigenvalue weighted by Crippen LogP contribution is 2.19. The highest BCUT2D eigenvalue weighted by Gasteiger charge is 2.19. The predicted molar refractivity (Wildman–Crippen MR) is 76.7 cm³/mol. The second-order valence-electron chi connectivity index (χ2n) is 4.75. The zero-order valence-electron chi connectivity index (χ0n) is 11.7. The first kappa shape index (κ1) is 14.0. The Morgan fingerprint density at radius 3 is 3.16 bits per heavy atom. The molecule has 19 heavy (non-hydrogen) atoms. The van der Waals surface area contributed by atoms with Gasteiger partial charge in [0.05, 0.1) is 6.61 Å². The molecule has 1 fully saturated rings. The average Bonchev–Trinajstić information content (AvgIpc) is 2.48. The molecule has 0 aromatic carbocycles. The molecule has 1 aromatic heterocycles. The molecule has 1 aromatic rings. The maximum atomic E-state index is 5.01. The van der Waals surface area contributed by atoms with E-state index in [1.165, 1.54) is 12.8 Å². The topological polar surface area (TPSA) is 62.3 Å². The maximum Gasteiger partial charge on any atom is 0.134 e. The van der Waals surface area contributed by atoms with Gasteiger partial charge in [0.15, 0.2) is 0 Å². The molecular weight excluding hydrogens is 242 g/mol. The molecule has 0 aliphatic carbocycles. The molecular formula is C13H23N5O. The predicted octanol–water partition coefficient (Wildman–Crippen LogP) is 0.723. The molecule has 2 heterocycles. The molecule has 0 bridgehead atoms. The van der Waals surface area contributed by atoms with Gasteiger partial charge in [-0.3, -0.25) is 0 Å². The van der Waals surface area contributed by atoms with Crippen molar-refractivity contribution in [1.82, 2.24) is 15.3 Å². The van der Waals surface area contributed by atoms with Crippen LogP contribution in [0.5, 0.6) is 0 Å². The van der Waals surface area contributed by atoms with Gasteiger partial charge in [-0.25, -0.2) is 9.97 Å². The van der Waals surface area contributed by atoms with E-state index in [0.717, 1.165) is 31.3 Å². The van der Waals surface area contributed by atoms with E-state index in [1.807, 2.05) is 13.1 Å². The van der Waals surface area contributed by atoms with Crippen molar-refractivity contribution >= 4 is 11.6 Å². The van der Waals surface area contributed by atoms with Gasteiger partial charge in [0.1, 0.15) is 18.0 Å². The van der Waals surface area contributed by atoms with Gasteiger partial charge in [-0.2, -0.15) is 0 Å². The van der Waals surface area contributed by atoms with Crippen molar-refractivity contribution in [2.24, 2.45) is 0 Å². The van der Waals surface area contributed by atoms with Crippen LogP contribution >= 0.6 is 0 Å². The SMILES string of the molecule is CNC1CCCN(c2cc(NCCOC)ncn2)C1. The lowest BCUT2D eigenvalue weighted by Gasteiger charge is -2.33. The van der Waals surface area contributed by atoms with Crippen LogP contribution < -0.4 is 15.5 Å². The largest absolute Gasteiger partial charge is 0.383 e. The van der Waals surface area contributed by atoms with Gasteiger partial charge in [0.2, 0.25) is 0 Å². The molecule has 1 saturated heterocycles. The number of aromatic nitrogens is 2. The van der Waals surface area contributed by atoms with Gasteiger partial charge in [-0.1, -0.05) is 0 Å². The summed E-state index contributed by atoms with van der Waals surface area (Å²) in [6.45, 7) is 3.49. The second-order valence-corrected chi connectivity index (χ2v) is 4.75. The molecule has 2 N–H and O–H groups in total. The third-order valence-electron chi connectivity index (χ3n) is 3.42. The first-order chi connectivity index (χ1) is 9.33. The van der Waals surface area contributed by atoms with Crippen molar-refractivity contribution in [1.29, 1.82) is 0 Å². The molecule has 0 amide bonds. The monoisotopic (exact) mass is 265 g/mol. The molecule has 6 heteroatoms. The highest BCUT2D eigenvalue weighted by atomic mass is 16.5. The van der Waals surface area contributed by atoms with E-state index in [1.54, 1.807) is 13.4 Å². The minimum atomic E-state index is 0.550. The Hall–Kier alpha value is -1.40. The third-order valence-corrected chi connectivity index (χ3v) is 3.42. The van der Waals surface area contributed by atoms with Crippen LogP contribution in [0.25, 0.3) is 0 Å². The number of rotatable bonds is 6. The first-order valence-corrected chi connectivity index (χ1v) is 6.80. The van der Waals surface area contributed by atoms with Crippen LogP contribution in [0.4, 0.5) is 11.6 Å². The van der Waals surface area contributed by atoms with Gasteiger partial charge < -0.3 is 20.3 Å². The lowest BCUT2D eigenvalue weighted by molar-refractivity contribution is 0.210. The number of piperidine rings is 1. The van der Waals surface area contributed by atoms with Crippen molar-refractivity contribution in [3.05, 3.63) is 12.4 Å². The van der Waals surface area contributed by atoms with Crippen molar-refractivity contribution in [2.75, 3.05) is 50.6 Å². The molecule has 2 rings (SSSR count). The minimum Gasteiger partial charge on any atom is -0.383 e. The fourth-order valence-corrected chi connectivity index (χ4v) is 2.32. The van der Waals surface area contributed by atoms with E-state index in [-0.39, 0.29) is 0 Å². The van der Waals surface area contributed by atoms with Crippen molar-refractivity contribution in [2.45, 2.75) is 18.9 Å². The van der Waals surface area contributed by atoms with Crippen LogP contribution in [0, 0.1) is 0 Å². The van der Waals surface area contributed by atoms with Crippen molar-refractivity contribution in [3.8, 4) is 0 Å². The highest BCUT2D eigenvalue weighted by molar-refractivity contribution is 5.48. The van der Waals surface area contributed by atoms with Gasteiger partial charge in [0, 0.05) is 38.9 Å². The van der Waals surface area contributed by atoms with Crippen LogP contribution in [0.3, 0.4) is 0 Å². The van der Waals surface area contributed by atoms with Gasteiger partial charge in [-0.05, 0) is 19.9 Å². The summed E-state index contributed by atoms with van der Waals surface area (Å²) in [4.78, 5) is 10.9. The summed E-state index contributed by atoms with van der Waals surface area (Å²) in [6, 6.07) is 2.56. The Morgan fingerprint density at radius 1 is 1.47 bits per heavy atom. The summed E-state index contributed by atoms with van der Waals surface area (Å²) in [6.07, 6.45) is 4.05. The maximum absolute atomic E-state index is 5.01. The average molecular weight is 265 g/mol. The van der Waals surface area contributed by atoms with Crippen molar-refractivity contribution < 1.29 is 4.74 Å². The fraction of sp³-hybridized carbons (Fsp3) is 0.692. The van der Waals surface area contributed by atoms with Gasteiger partial charge in [-0.15, -0.1) is 0 Å². The fourth-order valence-electron chi connectivity index (χ4n) is 2.32. The normalized spacial score (nSPS) is 19.5. The first-order valence-electron chi connectivity index (χ1n) is 6.80. The summed E-state index contributed by atoms with van der Waals surface area (Å²) in [5, 5.41) is 6.57. The van der Waals surface area contributed by atoms with Crippen LogP contribution in [-0.2, 0) is 4.74 Å². The third kappa shape index (κ3) is 4.04. The molecule has 1 atom stereocenters. The molecule has 106 valence electrons. The molecule has 6 nitrogen and oxygen atoms in total. The molecule has 1 aliphatic rings. The lowest BCUT2D eigenvalue weighted by Crippen LogP contribution is -2.44. The number of methoxy groups -OCH3 is 1. The van der Waals surface area contributed by atoms with Gasteiger partial charge >= 0.3 is 0 Å². The van der Waals surface area contributed by atoms with E-state index >= 15 is 0 Å². The van der Waals surface area contributed by atoms with Crippen LogP contribution in [0.1, 0.15) is 12.8 Å². The summed E-state index contributed by atoms with van der Waals surface area (Å²) in [5.41, 5.74) is 0. The number of nitrogens with one attached hydrogen (secondary N) is 2. The summed E-state index contributed by atoms with van der Waals surface area (Å²) in [7, 11) is 3.71.